The van der Waals surface area contributed by atoms with Crippen molar-refractivity contribution in [2.45, 2.75) is 0 Å². The molecule has 0 fully saturated rings. The molecular weight excluding hydrogens is 506 g/mol. The molecule has 0 saturated carbocycles. The summed E-state index contributed by atoms with van der Waals surface area (Å²) in [7, 11) is 0. The van der Waals surface area contributed by atoms with E-state index in [1.165, 1.54) is 63.9 Å². The van der Waals surface area contributed by atoms with Crippen LogP contribution in [-0.4, -0.2) is 14.4 Å². The fourth-order valence-electron chi connectivity index (χ4n) is 6.63. The second-order valence-electron chi connectivity index (χ2n) is 10.7. The van der Waals surface area contributed by atoms with Crippen molar-refractivity contribution in [1.29, 1.82) is 0 Å². The van der Waals surface area contributed by atoms with Gasteiger partial charge in [0.15, 0.2) is 5.65 Å². The Labute approximate surface area is 231 Å². The van der Waals surface area contributed by atoms with Crippen LogP contribution in [0.15, 0.2) is 115 Å². The SMILES string of the molecule is c1ccc2cc3c(cc2c1)c1cc(-c2ccc4sc5ccccc5c4c2)cc2c4nc5ccccc5nc4n3c12. The molecule has 4 aromatic heterocycles. The molecule has 0 N–H and O–H groups in total. The maximum absolute atomic E-state index is 5.17. The molecule has 0 bridgehead atoms. The van der Waals surface area contributed by atoms with Gasteiger partial charge in [-0.2, -0.15) is 0 Å². The van der Waals surface area contributed by atoms with E-state index in [-0.39, 0.29) is 0 Å². The van der Waals surface area contributed by atoms with E-state index < -0.39 is 0 Å². The highest BCUT2D eigenvalue weighted by molar-refractivity contribution is 7.25. The van der Waals surface area contributed by atoms with Crippen LogP contribution in [0.2, 0.25) is 0 Å². The molecule has 0 unspecified atom stereocenters. The molecule has 0 aliphatic rings. The number of aromatic nitrogens is 3. The van der Waals surface area contributed by atoms with Crippen LogP contribution in [0.3, 0.4) is 0 Å². The van der Waals surface area contributed by atoms with Crippen molar-refractivity contribution >= 4 is 91.7 Å². The third-order valence-corrected chi connectivity index (χ3v) is 9.61. The number of benzene rings is 6. The van der Waals surface area contributed by atoms with Gasteiger partial charge in [0.25, 0.3) is 0 Å². The third-order valence-electron chi connectivity index (χ3n) is 8.46. The number of para-hydroxylation sites is 2. The van der Waals surface area contributed by atoms with E-state index in [4.69, 9.17) is 9.97 Å². The highest BCUT2D eigenvalue weighted by Crippen LogP contribution is 2.43. The molecule has 40 heavy (non-hydrogen) atoms. The van der Waals surface area contributed by atoms with Crippen LogP contribution in [0.25, 0.3) is 91.5 Å². The first-order valence-electron chi connectivity index (χ1n) is 13.5. The summed E-state index contributed by atoms with van der Waals surface area (Å²) in [6, 6.07) is 41.7. The Morgan fingerprint density at radius 1 is 0.500 bits per heavy atom. The van der Waals surface area contributed by atoms with Crippen molar-refractivity contribution in [3.8, 4) is 11.1 Å². The number of rotatable bonds is 1. The first-order chi connectivity index (χ1) is 19.8. The minimum atomic E-state index is 0.917. The summed E-state index contributed by atoms with van der Waals surface area (Å²) in [5.74, 6) is 0. The second-order valence-corrected chi connectivity index (χ2v) is 11.7. The summed E-state index contributed by atoms with van der Waals surface area (Å²) in [5, 5.41) is 8.75. The topological polar surface area (TPSA) is 30.2 Å². The Morgan fingerprint density at radius 3 is 2.10 bits per heavy atom. The molecular formula is C36H19N3S. The molecule has 4 heterocycles. The molecule has 0 aliphatic carbocycles. The number of hydrogen-bond donors (Lipinski definition) is 0. The fraction of sp³-hybridized carbons (Fsp3) is 0. The Balaban J connectivity index is 1.38. The van der Waals surface area contributed by atoms with Crippen LogP contribution in [0, 0.1) is 0 Å². The van der Waals surface area contributed by atoms with E-state index >= 15 is 0 Å². The predicted octanol–water partition coefficient (Wildman–Crippen LogP) is 9.97. The fourth-order valence-corrected chi connectivity index (χ4v) is 7.72. The Morgan fingerprint density at radius 2 is 1.20 bits per heavy atom. The largest absolute Gasteiger partial charge is 0.291 e. The molecule has 10 aromatic rings. The highest BCUT2D eigenvalue weighted by Gasteiger charge is 2.22. The minimum Gasteiger partial charge on any atom is -0.291 e. The summed E-state index contributed by atoms with van der Waals surface area (Å²) in [6.45, 7) is 0. The molecule has 0 radical (unpaired) electrons. The summed E-state index contributed by atoms with van der Waals surface area (Å²) in [4.78, 5) is 10.3. The lowest BCUT2D eigenvalue weighted by Gasteiger charge is -2.05. The van der Waals surface area contributed by atoms with Gasteiger partial charge in [0.2, 0.25) is 0 Å². The van der Waals surface area contributed by atoms with Gasteiger partial charge in [0, 0.05) is 36.3 Å². The zero-order valence-electron chi connectivity index (χ0n) is 21.2. The quantitative estimate of drug-likeness (QED) is 0.213. The average molecular weight is 526 g/mol. The summed E-state index contributed by atoms with van der Waals surface area (Å²) < 4.78 is 4.98. The molecule has 10 rings (SSSR count). The van der Waals surface area contributed by atoms with Gasteiger partial charge in [-0.15, -0.1) is 11.3 Å². The highest BCUT2D eigenvalue weighted by atomic mass is 32.1. The van der Waals surface area contributed by atoms with E-state index in [0.29, 0.717) is 0 Å². The number of thiophene rings is 1. The first-order valence-corrected chi connectivity index (χ1v) is 14.3. The van der Waals surface area contributed by atoms with Gasteiger partial charge >= 0.3 is 0 Å². The number of hydrogen-bond acceptors (Lipinski definition) is 3. The lowest BCUT2D eigenvalue weighted by molar-refractivity contribution is 1.28. The normalized spacial score (nSPS) is 12.5. The summed E-state index contributed by atoms with van der Waals surface area (Å²) in [5.41, 5.74) is 8.51. The van der Waals surface area contributed by atoms with Gasteiger partial charge in [0.1, 0.15) is 5.52 Å². The van der Waals surface area contributed by atoms with Crippen LogP contribution in [0.4, 0.5) is 0 Å². The van der Waals surface area contributed by atoms with E-state index in [1.807, 2.05) is 23.5 Å². The monoisotopic (exact) mass is 525 g/mol. The van der Waals surface area contributed by atoms with Crippen LogP contribution in [0.1, 0.15) is 0 Å². The van der Waals surface area contributed by atoms with Crippen molar-refractivity contribution in [3.05, 3.63) is 115 Å². The van der Waals surface area contributed by atoms with Crippen molar-refractivity contribution in [2.24, 2.45) is 0 Å². The van der Waals surface area contributed by atoms with Crippen molar-refractivity contribution in [3.63, 3.8) is 0 Å². The van der Waals surface area contributed by atoms with E-state index in [0.717, 1.165) is 27.6 Å². The minimum absolute atomic E-state index is 0.917. The molecule has 4 heteroatoms. The number of nitrogens with zero attached hydrogens (tertiary/aromatic N) is 3. The zero-order chi connectivity index (χ0) is 25.9. The molecule has 3 nitrogen and oxygen atoms in total. The molecule has 0 aliphatic heterocycles. The Hall–Kier alpha value is -5.06. The van der Waals surface area contributed by atoms with Gasteiger partial charge in [-0.1, -0.05) is 60.7 Å². The van der Waals surface area contributed by atoms with Gasteiger partial charge in [-0.25, -0.2) is 9.97 Å². The van der Waals surface area contributed by atoms with Gasteiger partial charge in [0.05, 0.1) is 22.1 Å². The smallest absolute Gasteiger partial charge is 0.165 e. The maximum Gasteiger partial charge on any atom is 0.165 e. The van der Waals surface area contributed by atoms with E-state index in [9.17, 15) is 0 Å². The van der Waals surface area contributed by atoms with E-state index in [1.54, 1.807) is 0 Å². The number of fused-ring (bicyclic) bond motifs is 11. The second kappa shape index (κ2) is 7.32. The molecule has 0 atom stereocenters. The molecule has 6 aromatic carbocycles. The standard InChI is InChI=1S/C36H19N3S/c1-2-8-21-19-31-25(15-20(21)7-1)27-17-23(22-13-14-33-26(16-22)24-9-3-6-12-32(24)40-33)18-28-34-36(39(31)35(27)28)38-30-11-5-4-10-29(30)37-34/h1-19H. The Bertz CT molecular complexity index is 2540. The van der Waals surface area contributed by atoms with E-state index in [2.05, 4.69) is 108 Å². The van der Waals surface area contributed by atoms with Crippen LogP contribution in [0.5, 0.6) is 0 Å². The van der Waals surface area contributed by atoms with Crippen molar-refractivity contribution in [2.75, 3.05) is 0 Å². The Kier molecular flexibility index (Phi) is 3.81. The molecule has 184 valence electrons. The third kappa shape index (κ3) is 2.63. The van der Waals surface area contributed by atoms with Gasteiger partial charge < -0.3 is 0 Å². The lowest BCUT2D eigenvalue weighted by atomic mass is 9.98. The van der Waals surface area contributed by atoms with Crippen LogP contribution >= 0.6 is 11.3 Å². The van der Waals surface area contributed by atoms with Crippen LogP contribution in [-0.2, 0) is 0 Å². The zero-order valence-corrected chi connectivity index (χ0v) is 22.0. The molecule has 0 amide bonds. The van der Waals surface area contributed by atoms with Crippen molar-refractivity contribution in [1.82, 2.24) is 14.4 Å². The summed E-state index contributed by atoms with van der Waals surface area (Å²) in [6.07, 6.45) is 0. The van der Waals surface area contributed by atoms with Crippen molar-refractivity contribution < 1.29 is 0 Å². The van der Waals surface area contributed by atoms with Crippen LogP contribution < -0.4 is 0 Å². The molecule has 0 saturated heterocycles. The van der Waals surface area contributed by atoms with Gasteiger partial charge in [-0.05, 0) is 76.5 Å². The van der Waals surface area contributed by atoms with Gasteiger partial charge in [-0.3, -0.25) is 4.40 Å². The molecule has 0 spiro atoms. The first kappa shape index (κ1) is 20.8. The maximum atomic E-state index is 5.17. The lowest BCUT2D eigenvalue weighted by Crippen LogP contribution is -1.89. The average Bonchev–Trinajstić information content (AvgIpc) is 3.64. The predicted molar refractivity (Wildman–Crippen MR) is 170 cm³/mol. The summed E-state index contributed by atoms with van der Waals surface area (Å²) >= 11 is 1.86.